The van der Waals surface area contributed by atoms with Crippen LogP contribution < -0.4 is 10.6 Å². The largest absolute Gasteiger partial charge is 0.478 e. The van der Waals surface area contributed by atoms with E-state index in [9.17, 15) is 4.79 Å². The summed E-state index contributed by atoms with van der Waals surface area (Å²) in [4.78, 5) is 13.0. The van der Waals surface area contributed by atoms with E-state index >= 15 is 0 Å². The Bertz CT molecular complexity index is 478. The quantitative estimate of drug-likeness (QED) is 0.777. The van der Waals surface area contributed by atoms with Crippen LogP contribution in [0.1, 0.15) is 30.6 Å². The second-order valence-corrected chi connectivity index (χ2v) is 4.27. The van der Waals surface area contributed by atoms with Crippen LogP contribution in [0.15, 0.2) is 18.2 Å². The van der Waals surface area contributed by atoms with Crippen molar-refractivity contribution in [2.24, 2.45) is 0 Å². The van der Waals surface area contributed by atoms with Gasteiger partial charge in [-0.15, -0.1) is 0 Å². The summed E-state index contributed by atoms with van der Waals surface area (Å²) in [5, 5.41) is 17.7. The highest BCUT2D eigenvalue weighted by molar-refractivity contribution is 5.94. The zero-order chi connectivity index (χ0) is 13.7. The van der Waals surface area contributed by atoms with Gasteiger partial charge in [0.25, 0.3) is 0 Å². The van der Waals surface area contributed by atoms with Crippen molar-refractivity contribution in [3.63, 3.8) is 0 Å². The van der Waals surface area contributed by atoms with Gasteiger partial charge in [-0.25, -0.2) is 4.79 Å². The van der Waals surface area contributed by atoms with Gasteiger partial charge in [0.15, 0.2) is 0 Å². The number of anilines is 2. The molecule has 0 heterocycles. The molecule has 1 rings (SSSR count). The molecule has 0 radical (unpaired) electrons. The van der Waals surface area contributed by atoms with Gasteiger partial charge < -0.3 is 15.7 Å². The zero-order valence-corrected chi connectivity index (χ0v) is 10.6. The van der Waals surface area contributed by atoms with E-state index in [1.54, 1.807) is 18.2 Å². The van der Waals surface area contributed by atoms with Crippen LogP contribution in [-0.4, -0.2) is 23.7 Å². The standard InChI is InChI=1S/C13H17N3O2/c1-9(2)16(7-3-6-14)10-4-5-12(15)11(8-10)13(17)18/h4-5,8-9H,3,7,15H2,1-2H3,(H,17,18). The number of nitrogen functional groups attached to an aromatic ring is 1. The molecule has 0 aliphatic rings. The average molecular weight is 247 g/mol. The molecule has 5 nitrogen and oxygen atoms in total. The van der Waals surface area contributed by atoms with Crippen LogP contribution in [0.4, 0.5) is 11.4 Å². The number of hydrogen-bond donors (Lipinski definition) is 2. The Labute approximate surface area is 106 Å². The van der Waals surface area contributed by atoms with E-state index < -0.39 is 5.97 Å². The van der Waals surface area contributed by atoms with Crippen LogP contribution >= 0.6 is 0 Å². The Hall–Kier alpha value is -2.22. The average Bonchev–Trinajstić information content (AvgIpc) is 2.30. The fourth-order valence-corrected chi connectivity index (χ4v) is 1.76. The fraction of sp³-hybridized carbons (Fsp3) is 0.385. The molecule has 0 saturated heterocycles. The zero-order valence-electron chi connectivity index (χ0n) is 10.6. The van der Waals surface area contributed by atoms with E-state index in [1.165, 1.54) is 0 Å². The first-order valence-electron chi connectivity index (χ1n) is 5.73. The second kappa shape index (κ2) is 5.92. The van der Waals surface area contributed by atoms with Gasteiger partial charge in [0.1, 0.15) is 0 Å². The van der Waals surface area contributed by atoms with Crippen molar-refractivity contribution in [1.82, 2.24) is 0 Å². The molecule has 0 atom stereocenters. The van der Waals surface area contributed by atoms with Gasteiger partial charge >= 0.3 is 5.97 Å². The van der Waals surface area contributed by atoms with Crippen molar-refractivity contribution in [1.29, 1.82) is 5.26 Å². The van der Waals surface area contributed by atoms with E-state index in [-0.39, 0.29) is 17.3 Å². The number of carboxylic acid groups (broad SMARTS) is 1. The van der Waals surface area contributed by atoms with Crippen LogP contribution in [0.2, 0.25) is 0 Å². The molecule has 0 spiro atoms. The van der Waals surface area contributed by atoms with Gasteiger partial charge in [0.05, 0.1) is 18.1 Å². The molecular weight excluding hydrogens is 230 g/mol. The fourth-order valence-electron chi connectivity index (χ4n) is 1.76. The summed E-state index contributed by atoms with van der Waals surface area (Å²) >= 11 is 0. The molecule has 0 aliphatic heterocycles. The normalized spacial score (nSPS) is 10.1. The lowest BCUT2D eigenvalue weighted by Gasteiger charge is -2.28. The summed E-state index contributed by atoms with van der Waals surface area (Å²) in [7, 11) is 0. The lowest BCUT2D eigenvalue weighted by Crippen LogP contribution is -2.31. The Morgan fingerprint density at radius 3 is 2.72 bits per heavy atom. The van der Waals surface area contributed by atoms with E-state index in [1.807, 2.05) is 18.7 Å². The molecule has 5 heteroatoms. The molecule has 0 aliphatic carbocycles. The van der Waals surface area contributed by atoms with E-state index in [2.05, 4.69) is 6.07 Å². The molecular formula is C13H17N3O2. The number of nitriles is 1. The van der Waals surface area contributed by atoms with Crippen molar-refractivity contribution < 1.29 is 9.90 Å². The second-order valence-electron chi connectivity index (χ2n) is 4.27. The van der Waals surface area contributed by atoms with Crippen molar-refractivity contribution in [3.05, 3.63) is 23.8 Å². The maximum atomic E-state index is 11.0. The van der Waals surface area contributed by atoms with Gasteiger partial charge in [-0.3, -0.25) is 0 Å². The highest BCUT2D eigenvalue weighted by Gasteiger charge is 2.14. The molecule has 1 aromatic rings. The molecule has 0 unspecified atom stereocenters. The minimum absolute atomic E-state index is 0.0927. The molecule has 96 valence electrons. The van der Waals surface area contributed by atoms with Gasteiger partial charge in [-0.2, -0.15) is 5.26 Å². The summed E-state index contributed by atoms with van der Waals surface area (Å²) in [5.74, 6) is -1.04. The first-order valence-corrected chi connectivity index (χ1v) is 5.73. The van der Waals surface area contributed by atoms with Gasteiger partial charge in [0, 0.05) is 24.0 Å². The van der Waals surface area contributed by atoms with Crippen molar-refractivity contribution >= 4 is 17.3 Å². The summed E-state index contributed by atoms with van der Waals surface area (Å²) in [5.41, 5.74) is 6.72. The van der Waals surface area contributed by atoms with Gasteiger partial charge in [-0.1, -0.05) is 0 Å². The minimum Gasteiger partial charge on any atom is -0.478 e. The third kappa shape index (κ3) is 3.14. The minimum atomic E-state index is -1.04. The Morgan fingerprint density at radius 1 is 1.56 bits per heavy atom. The third-order valence-electron chi connectivity index (χ3n) is 2.69. The highest BCUT2D eigenvalue weighted by Crippen LogP contribution is 2.23. The van der Waals surface area contributed by atoms with Crippen LogP contribution in [-0.2, 0) is 0 Å². The summed E-state index contributed by atoms with van der Waals surface area (Å²) in [6, 6.07) is 7.18. The van der Waals surface area contributed by atoms with Crippen molar-refractivity contribution in [2.45, 2.75) is 26.3 Å². The Morgan fingerprint density at radius 2 is 2.22 bits per heavy atom. The molecule has 0 amide bonds. The lowest BCUT2D eigenvalue weighted by molar-refractivity contribution is 0.0698. The molecule has 0 aromatic heterocycles. The molecule has 0 saturated carbocycles. The van der Waals surface area contributed by atoms with Gasteiger partial charge in [-0.05, 0) is 32.0 Å². The van der Waals surface area contributed by atoms with Crippen molar-refractivity contribution in [2.75, 3.05) is 17.2 Å². The van der Waals surface area contributed by atoms with E-state index in [0.29, 0.717) is 13.0 Å². The monoisotopic (exact) mass is 247 g/mol. The first kappa shape index (κ1) is 13.8. The Kier molecular flexibility index (Phi) is 4.55. The van der Waals surface area contributed by atoms with E-state index in [4.69, 9.17) is 16.1 Å². The maximum absolute atomic E-state index is 11.0. The number of nitrogens with zero attached hydrogens (tertiary/aromatic N) is 2. The molecule has 0 bridgehead atoms. The summed E-state index contributed by atoms with van der Waals surface area (Å²) in [6.07, 6.45) is 0.394. The molecule has 3 N–H and O–H groups in total. The number of carbonyl (C=O) groups is 1. The smallest absolute Gasteiger partial charge is 0.337 e. The van der Waals surface area contributed by atoms with Gasteiger partial charge in [0.2, 0.25) is 0 Å². The topological polar surface area (TPSA) is 90.4 Å². The van der Waals surface area contributed by atoms with Crippen LogP contribution in [0.5, 0.6) is 0 Å². The van der Waals surface area contributed by atoms with Crippen molar-refractivity contribution in [3.8, 4) is 6.07 Å². The Balaban J connectivity index is 3.09. The number of rotatable bonds is 5. The number of aromatic carboxylic acids is 1. The number of benzene rings is 1. The SMILES string of the molecule is CC(C)N(CCC#N)c1ccc(N)c(C(=O)O)c1. The van der Waals surface area contributed by atoms with Crippen LogP contribution in [0, 0.1) is 11.3 Å². The molecule has 18 heavy (non-hydrogen) atoms. The summed E-state index contributed by atoms with van der Waals surface area (Å²) < 4.78 is 0. The molecule has 0 fully saturated rings. The number of hydrogen-bond acceptors (Lipinski definition) is 4. The highest BCUT2D eigenvalue weighted by atomic mass is 16.4. The van der Waals surface area contributed by atoms with E-state index in [0.717, 1.165) is 5.69 Å². The predicted molar refractivity (Wildman–Crippen MR) is 70.5 cm³/mol. The molecule has 1 aromatic carbocycles. The first-order chi connectivity index (χ1) is 8.47. The number of nitrogens with two attached hydrogens (primary N) is 1. The number of carboxylic acids is 1. The summed E-state index contributed by atoms with van der Waals surface area (Å²) in [6.45, 7) is 4.56. The predicted octanol–water partition coefficient (Wildman–Crippen LogP) is 2.10. The third-order valence-corrected chi connectivity index (χ3v) is 2.69. The maximum Gasteiger partial charge on any atom is 0.337 e. The van der Waals surface area contributed by atoms with Crippen LogP contribution in [0.25, 0.3) is 0 Å². The lowest BCUT2D eigenvalue weighted by atomic mass is 10.1. The van der Waals surface area contributed by atoms with Crippen LogP contribution in [0.3, 0.4) is 0 Å².